The number of hydrogen-bond acceptors (Lipinski definition) is 3. The van der Waals surface area contributed by atoms with Crippen LogP contribution in [0, 0.1) is 0 Å². The summed E-state index contributed by atoms with van der Waals surface area (Å²) in [5, 5.41) is 4.84. The molecular formula is C55H33NOS. The van der Waals surface area contributed by atoms with Crippen molar-refractivity contribution in [3.8, 4) is 33.4 Å². The van der Waals surface area contributed by atoms with Gasteiger partial charge in [-0.15, -0.1) is 11.3 Å². The van der Waals surface area contributed by atoms with Gasteiger partial charge in [-0.1, -0.05) is 152 Å². The molecule has 1 spiro atoms. The van der Waals surface area contributed by atoms with Gasteiger partial charge in [-0.05, 0) is 98.6 Å². The first-order valence-electron chi connectivity index (χ1n) is 19.9. The number of thiophene rings is 1. The highest BCUT2D eigenvalue weighted by Crippen LogP contribution is 2.65. The summed E-state index contributed by atoms with van der Waals surface area (Å²) in [6.45, 7) is 0. The summed E-state index contributed by atoms with van der Waals surface area (Å²) < 4.78 is 8.89. The first kappa shape index (κ1) is 31.9. The van der Waals surface area contributed by atoms with Crippen LogP contribution < -0.4 is 4.90 Å². The van der Waals surface area contributed by atoms with Gasteiger partial charge in [0.05, 0.1) is 16.8 Å². The van der Waals surface area contributed by atoms with Crippen molar-refractivity contribution in [3.05, 3.63) is 222 Å². The van der Waals surface area contributed by atoms with Crippen LogP contribution in [0.5, 0.6) is 0 Å². The number of nitrogens with zero attached hydrogens (tertiary/aromatic N) is 1. The predicted octanol–water partition coefficient (Wildman–Crippen LogP) is 15.4. The first-order valence-corrected chi connectivity index (χ1v) is 20.7. The lowest BCUT2D eigenvalue weighted by atomic mass is 9.70. The lowest BCUT2D eigenvalue weighted by Crippen LogP contribution is -2.28. The standard InChI is InChI=1S/C55H33NOS/c1-6-21-43-37(14-1)38-15-2-7-22-44(38)55(43)45-23-8-3-16-39(45)40-20-11-25-47(54(40)55)56(46-24-13-29-51-53(46)42-18-5-10-28-50(42)58-51)35-32-30-34(31-33-35)36-19-12-27-49-52(36)41-17-4-9-26-48(41)57-49/h1-33H. The third-order valence-electron chi connectivity index (χ3n) is 12.7. The summed E-state index contributed by atoms with van der Waals surface area (Å²) in [6.07, 6.45) is 0. The highest BCUT2D eigenvalue weighted by Gasteiger charge is 2.53. The smallest absolute Gasteiger partial charge is 0.136 e. The van der Waals surface area contributed by atoms with Gasteiger partial charge in [-0.2, -0.15) is 0 Å². The van der Waals surface area contributed by atoms with Crippen molar-refractivity contribution < 1.29 is 4.42 Å². The van der Waals surface area contributed by atoms with E-state index in [2.05, 4.69) is 199 Å². The van der Waals surface area contributed by atoms with Gasteiger partial charge in [0, 0.05) is 42.2 Å². The minimum absolute atomic E-state index is 0.503. The highest BCUT2D eigenvalue weighted by atomic mass is 32.1. The van der Waals surface area contributed by atoms with Crippen LogP contribution in [0.3, 0.4) is 0 Å². The summed E-state index contributed by atoms with van der Waals surface area (Å²) in [5.74, 6) is 0. The summed E-state index contributed by atoms with van der Waals surface area (Å²) in [7, 11) is 0. The van der Waals surface area contributed by atoms with Gasteiger partial charge in [-0.25, -0.2) is 0 Å². The largest absolute Gasteiger partial charge is 0.456 e. The van der Waals surface area contributed by atoms with Gasteiger partial charge in [0.1, 0.15) is 11.2 Å². The topological polar surface area (TPSA) is 16.4 Å². The molecule has 0 fully saturated rings. The number of para-hydroxylation sites is 1. The Balaban J connectivity index is 1.11. The Morgan fingerprint density at radius 1 is 0.379 bits per heavy atom. The quantitative estimate of drug-likeness (QED) is 0.178. The van der Waals surface area contributed by atoms with Crippen molar-refractivity contribution in [2.24, 2.45) is 0 Å². The van der Waals surface area contributed by atoms with Crippen molar-refractivity contribution >= 4 is 70.5 Å². The minimum Gasteiger partial charge on any atom is -0.456 e. The third kappa shape index (κ3) is 4.16. The SMILES string of the molecule is c1ccc2c(c1)-c1ccccc1C21c2ccccc2-c2cccc(N(c3ccc(-c4cccc5oc6ccccc6c45)cc3)c3cccc4sc5ccccc5c34)c21. The van der Waals surface area contributed by atoms with Crippen LogP contribution in [-0.2, 0) is 5.41 Å². The second-order valence-corrected chi connectivity index (χ2v) is 16.6. The monoisotopic (exact) mass is 755 g/mol. The molecule has 2 heterocycles. The Labute approximate surface area is 339 Å². The van der Waals surface area contributed by atoms with E-state index < -0.39 is 5.41 Å². The molecule has 2 aliphatic rings. The Bertz CT molecular complexity index is 3410. The van der Waals surface area contributed by atoms with Gasteiger partial charge in [0.2, 0.25) is 0 Å². The molecule has 9 aromatic carbocycles. The maximum Gasteiger partial charge on any atom is 0.136 e. The van der Waals surface area contributed by atoms with E-state index in [1.54, 1.807) is 0 Å². The molecule has 0 saturated carbocycles. The zero-order valence-corrected chi connectivity index (χ0v) is 32.1. The Hall–Kier alpha value is -7.20. The first-order chi connectivity index (χ1) is 28.8. The Morgan fingerprint density at radius 2 is 0.914 bits per heavy atom. The van der Waals surface area contributed by atoms with E-state index in [0.717, 1.165) is 33.2 Å². The van der Waals surface area contributed by atoms with Crippen LogP contribution in [-0.4, -0.2) is 0 Å². The van der Waals surface area contributed by atoms with Gasteiger partial charge in [0.15, 0.2) is 0 Å². The van der Waals surface area contributed by atoms with E-state index in [1.807, 2.05) is 17.4 Å². The molecule has 58 heavy (non-hydrogen) atoms. The summed E-state index contributed by atoms with van der Waals surface area (Å²) >= 11 is 1.87. The molecular weight excluding hydrogens is 723 g/mol. The van der Waals surface area contributed by atoms with Crippen molar-refractivity contribution in [3.63, 3.8) is 0 Å². The number of hydrogen-bond donors (Lipinski definition) is 0. The average Bonchev–Trinajstić information content (AvgIpc) is 4.02. The summed E-state index contributed by atoms with van der Waals surface area (Å²) in [4.78, 5) is 2.55. The summed E-state index contributed by atoms with van der Waals surface area (Å²) in [6, 6.07) is 73.8. The molecule has 0 atom stereocenters. The molecule has 2 aromatic heterocycles. The normalized spacial score (nSPS) is 13.3. The second kappa shape index (κ2) is 11.9. The van der Waals surface area contributed by atoms with Crippen LogP contribution in [0.4, 0.5) is 17.1 Å². The molecule has 2 nitrogen and oxygen atoms in total. The third-order valence-corrected chi connectivity index (χ3v) is 13.8. The zero-order valence-electron chi connectivity index (χ0n) is 31.3. The maximum atomic E-state index is 6.32. The fraction of sp³-hybridized carbons (Fsp3) is 0.0182. The van der Waals surface area contributed by atoms with Gasteiger partial charge in [-0.3, -0.25) is 0 Å². The van der Waals surface area contributed by atoms with Crippen LogP contribution >= 0.6 is 11.3 Å². The fourth-order valence-electron chi connectivity index (χ4n) is 10.5. The maximum absolute atomic E-state index is 6.32. The van der Waals surface area contributed by atoms with E-state index in [-0.39, 0.29) is 0 Å². The molecule has 0 unspecified atom stereocenters. The lowest BCUT2D eigenvalue weighted by molar-refractivity contribution is 0.669. The molecule has 2 aliphatic carbocycles. The van der Waals surface area contributed by atoms with Crippen molar-refractivity contribution in [2.45, 2.75) is 5.41 Å². The highest BCUT2D eigenvalue weighted by molar-refractivity contribution is 7.26. The van der Waals surface area contributed by atoms with E-state index in [4.69, 9.17) is 4.42 Å². The van der Waals surface area contributed by atoms with E-state index >= 15 is 0 Å². The molecule has 11 aromatic rings. The van der Waals surface area contributed by atoms with Gasteiger partial charge in [0.25, 0.3) is 0 Å². The number of benzene rings is 9. The number of fused-ring (bicyclic) bond motifs is 16. The van der Waals surface area contributed by atoms with Crippen molar-refractivity contribution in [1.82, 2.24) is 0 Å². The molecule has 3 heteroatoms. The fourth-order valence-corrected chi connectivity index (χ4v) is 11.6. The molecule has 0 radical (unpaired) electrons. The lowest BCUT2D eigenvalue weighted by Gasteiger charge is -2.36. The van der Waals surface area contributed by atoms with Gasteiger partial charge >= 0.3 is 0 Å². The Kier molecular flexibility index (Phi) is 6.56. The Morgan fingerprint density at radius 3 is 1.67 bits per heavy atom. The minimum atomic E-state index is -0.503. The number of rotatable bonds is 4. The molecule has 270 valence electrons. The molecule has 0 amide bonds. The molecule has 0 bridgehead atoms. The molecule has 0 saturated heterocycles. The van der Waals surface area contributed by atoms with Crippen LogP contribution in [0.2, 0.25) is 0 Å². The zero-order chi connectivity index (χ0) is 38.0. The van der Waals surface area contributed by atoms with Crippen molar-refractivity contribution in [1.29, 1.82) is 0 Å². The van der Waals surface area contributed by atoms with Crippen LogP contribution in [0.25, 0.3) is 75.5 Å². The summed E-state index contributed by atoms with van der Waals surface area (Å²) in [5.41, 5.74) is 17.6. The van der Waals surface area contributed by atoms with Crippen molar-refractivity contribution in [2.75, 3.05) is 4.90 Å². The number of furan rings is 1. The van der Waals surface area contributed by atoms with Crippen LogP contribution in [0.15, 0.2) is 205 Å². The number of anilines is 3. The molecule has 0 N–H and O–H groups in total. The van der Waals surface area contributed by atoms with E-state index in [9.17, 15) is 0 Å². The second-order valence-electron chi connectivity index (χ2n) is 15.5. The van der Waals surface area contributed by atoms with E-state index in [1.165, 1.54) is 81.6 Å². The van der Waals surface area contributed by atoms with E-state index in [0.29, 0.717) is 0 Å². The van der Waals surface area contributed by atoms with Crippen LogP contribution in [0.1, 0.15) is 22.3 Å². The predicted molar refractivity (Wildman–Crippen MR) is 243 cm³/mol. The average molecular weight is 756 g/mol. The molecule has 13 rings (SSSR count). The van der Waals surface area contributed by atoms with Gasteiger partial charge < -0.3 is 9.32 Å². The molecule has 0 aliphatic heterocycles.